The quantitative estimate of drug-likeness (QED) is 0.754. The number of nitrogens with two attached hydrogens (primary N) is 1. The van der Waals surface area contributed by atoms with Crippen molar-refractivity contribution in [3.63, 3.8) is 0 Å². The van der Waals surface area contributed by atoms with Crippen molar-refractivity contribution in [1.82, 2.24) is 0 Å². The first-order valence-electron chi connectivity index (χ1n) is 5.12. The Morgan fingerprint density at radius 3 is 2.59 bits per heavy atom. The summed E-state index contributed by atoms with van der Waals surface area (Å²) < 4.78 is 0. The summed E-state index contributed by atoms with van der Waals surface area (Å²) >= 11 is 0. The number of anilines is 2. The van der Waals surface area contributed by atoms with Crippen LogP contribution in [-0.4, -0.2) is 11.0 Å². The minimum Gasteiger partial charge on any atom is -0.508 e. The van der Waals surface area contributed by atoms with E-state index in [4.69, 9.17) is 5.73 Å². The van der Waals surface area contributed by atoms with Gasteiger partial charge in [-0.15, -0.1) is 0 Å². The van der Waals surface area contributed by atoms with Crippen molar-refractivity contribution < 1.29 is 9.90 Å². The number of primary amides is 1. The van der Waals surface area contributed by atoms with Crippen LogP contribution < -0.4 is 11.1 Å². The molecule has 2 rings (SSSR count). The topological polar surface area (TPSA) is 75.4 Å². The summed E-state index contributed by atoms with van der Waals surface area (Å²) in [5, 5.41) is 12.4. The molecular weight excluding hydrogens is 216 g/mol. The molecule has 0 aliphatic rings. The van der Waals surface area contributed by atoms with Gasteiger partial charge in [0.15, 0.2) is 0 Å². The van der Waals surface area contributed by atoms with E-state index >= 15 is 0 Å². The van der Waals surface area contributed by atoms with Gasteiger partial charge in [-0.25, -0.2) is 0 Å². The number of carbonyl (C=O) groups excluding carboxylic acids is 1. The van der Waals surface area contributed by atoms with Crippen LogP contribution in [0.1, 0.15) is 10.4 Å². The van der Waals surface area contributed by atoms with Crippen LogP contribution in [0.4, 0.5) is 11.4 Å². The zero-order valence-electron chi connectivity index (χ0n) is 9.05. The molecule has 4 N–H and O–H groups in total. The first-order chi connectivity index (χ1) is 8.16. The van der Waals surface area contributed by atoms with Crippen molar-refractivity contribution in [3.8, 4) is 5.75 Å². The van der Waals surface area contributed by atoms with Crippen molar-refractivity contribution in [1.29, 1.82) is 0 Å². The van der Waals surface area contributed by atoms with Crippen LogP contribution in [0.3, 0.4) is 0 Å². The average molecular weight is 228 g/mol. The third-order valence-corrected chi connectivity index (χ3v) is 2.32. The highest BCUT2D eigenvalue weighted by atomic mass is 16.3. The van der Waals surface area contributed by atoms with E-state index in [0.29, 0.717) is 16.9 Å². The van der Waals surface area contributed by atoms with E-state index in [1.165, 1.54) is 0 Å². The maximum absolute atomic E-state index is 11.2. The standard InChI is InChI=1S/C13H12N2O2/c14-13(17)11-6-1-2-7-12(11)15-9-4-3-5-10(16)8-9/h1-8,15-16H,(H2,14,17). The number of nitrogens with one attached hydrogen (secondary N) is 1. The second-order valence-electron chi connectivity index (χ2n) is 3.59. The second kappa shape index (κ2) is 4.57. The Kier molecular flexibility index (Phi) is 2.96. The lowest BCUT2D eigenvalue weighted by atomic mass is 10.1. The van der Waals surface area contributed by atoms with Gasteiger partial charge in [0.25, 0.3) is 5.91 Å². The van der Waals surface area contributed by atoms with E-state index in [2.05, 4.69) is 5.32 Å². The van der Waals surface area contributed by atoms with Gasteiger partial charge >= 0.3 is 0 Å². The number of hydrogen-bond acceptors (Lipinski definition) is 3. The van der Waals surface area contributed by atoms with E-state index in [1.54, 1.807) is 48.5 Å². The lowest BCUT2D eigenvalue weighted by Gasteiger charge is -2.09. The molecule has 0 atom stereocenters. The minimum absolute atomic E-state index is 0.159. The van der Waals surface area contributed by atoms with Gasteiger partial charge in [-0.05, 0) is 24.3 Å². The summed E-state index contributed by atoms with van der Waals surface area (Å²) in [6.07, 6.45) is 0. The molecule has 0 spiro atoms. The van der Waals surface area contributed by atoms with Crippen molar-refractivity contribution in [2.24, 2.45) is 5.73 Å². The van der Waals surface area contributed by atoms with Crippen molar-refractivity contribution in [2.45, 2.75) is 0 Å². The molecule has 1 amide bonds. The van der Waals surface area contributed by atoms with Gasteiger partial charge in [-0.2, -0.15) is 0 Å². The number of phenolic OH excluding ortho intramolecular Hbond substituents is 1. The molecule has 0 aromatic heterocycles. The summed E-state index contributed by atoms with van der Waals surface area (Å²) in [5.74, 6) is -0.334. The largest absolute Gasteiger partial charge is 0.508 e. The van der Waals surface area contributed by atoms with Crippen LogP contribution in [-0.2, 0) is 0 Å². The van der Waals surface area contributed by atoms with Gasteiger partial charge in [0.1, 0.15) is 5.75 Å². The molecule has 0 aliphatic heterocycles. The van der Waals surface area contributed by atoms with E-state index in [1.807, 2.05) is 0 Å². The number of aromatic hydroxyl groups is 1. The third kappa shape index (κ3) is 2.55. The number of phenols is 1. The fraction of sp³-hybridized carbons (Fsp3) is 0. The highest BCUT2D eigenvalue weighted by Gasteiger charge is 2.06. The zero-order valence-corrected chi connectivity index (χ0v) is 9.05. The maximum atomic E-state index is 11.2. The molecule has 4 heteroatoms. The normalized spacial score (nSPS) is 9.88. The zero-order chi connectivity index (χ0) is 12.3. The summed E-state index contributed by atoms with van der Waals surface area (Å²) in [6.45, 7) is 0. The molecule has 2 aromatic carbocycles. The molecule has 0 aliphatic carbocycles. The molecule has 0 unspecified atom stereocenters. The van der Waals surface area contributed by atoms with E-state index in [0.717, 1.165) is 0 Å². The van der Waals surface area contributed by atoms with Crippen molar-refractivity contribution in [2.75, 3.05) is 5.32 Å². The van der Waals surface area contributed by atoms with Crippen molar-refractivity contribution in [3.05, 3.63) is 54.1 Å². The van der Waals surface area contributed by atoms with Crippen LogP contribution in [0.15, 0.2) is 48.5 Å². The molecule has 0 fully saturated rings. The Labute approximate surface area is 98.7 Å². The third-order valence-electron chi connectivity index (χ3n) is 2.32. The summed E-state index contributed by atoms with van der Waals surface area (Å²) in [5.41, 5.74) is 6.99. The monoisotopic (exact) mass is 228 g/mol. The summed E-state index contributed by atoms with van der Waals surface area (Å²) in [7, 11) is 0. The van der Waals surface area contributed by atoms with E-state index < -0.39 is 5.91 Å². The Hall–Kier alpha value is -2.49. The van der Waals surface area contributed by atoms with Gasteiger partial charge in [0, 0.05) is 11.8 Å². The van der Waals surface area contributed by atoms with Crippen LogP contribution in [0.25, 0.3) is 0 Å². The highest BCUT2D eigenvalue weighted by molar-refractivity contribution is 5.99. The smallest absolute Gasteiger partial charge is 0.250 e. The molecule has 2 aromatic rings. The predicted molar refractivity (Wildman–Crippen MR) is 66.3 cm³/mol. The molecular formula is C13H12N2O2. The number of benzene rings is 2. The number of amides is 1. The van der Waals surface area contributed by atoms with Gasteiger partial charge in [0.05, 0.1) is 11.3 Å². The second-order valence-corrected chi connectivity index (χ2v) is 3.59. The molecule has 17 heavy (non-hydrogen) atoms. The molecule has 86 valence electrons. The van der Waals surface area contributed by atoms with Gasteiger partial charge in [-0.3, -0.25) is 4.79 Å². The first kappa shape index (κ1) is 11.0. The van der Waals surface area contributed by atoms with Crippen LogP contribution in [0.5, 0.6) is 5.75 Å². The molecule has 0 saturated carbocycles. The molecule has 0 saturated heterocycles. The summed E-state index contributed by atoms with van der Waals surface area (Å²) in [6, 6.07) is 13.6. The number of rotatable bonds is 3. The minimum atomic E-state index is -0.492. The Morgan fingerprint density at radius 1 is 1.12 bits per heavy atom. The first-order valence-corrected chi connectivity index (χ1v) is 5.12. The number of hydrogen-bond donors (Lipinski definition) is 3. The lowest BCUT2D eigenvalue weighted by Crippen LogP contribution is -2.13. The fourth-order valence-corrected chi connectivity index (χ4v) is 1.55. The van der Waals surface area contributed by atoms with Crippen LogP contribution >= 0.6 is 0 Å². The van der Waals surface area contributed by atoms with Gasteiger partial charge in [-0.1, -0.05) is 18.2 Å². The van der Waals surface area contributed by atoms with Crippen LogP contribution in [0.2, 0.25) is 0 Å². The predicted octanol–water partition coefficient (Wildman–Crippen LogP) is 2.23. The SMILES string of the molecule is NC(=O)c1ccccc1Nc1cccc(O)c1. The van der Waals surface area contributed by atoms with E-state index in [9.17, 15) is 9.90 Å². The van der Waals surface area contributed by atoms with Crippen LogP contribution in [0, 0.1) is 0 Å². The van der Waals surface area contributed by atoms with Gasteiger partial charge < -0.3 is 16.2 Å². The average Bonchev–Trinajstić information content (AvgIpc) is 2.29. The Bertz CT molecular complexity index is 553. The van der Waals surface area contributed by atoms with Gasteiger partial charge in [0.2, 0.25) is 0 Å². The molecule has 0 radical (unpaired) electrons. The summed E-state index contributed by atoms with van der Waals surface area (Å²) in [4.78, 5) is 11.2. The Balaban J connectivity index is 2.33. The van der Waals surface area contributed by atoms with E-state index in [-0.39, 0.29) is 5.75 Å². The number of para-hydroxylation sites is 1. The molecule has 0 bridgehead atoms. The number of carbonyl (C=O) groups is 1. The lowest BCUT2D eigenvalue weighted by molar-refractivity contribution is 0.100. The Morgan fingerprint density at radius 2 is 1.88 bits per heavy atom. The maximum Gasteiger partial charge on any atom is 0.250 e. The highest BCUT2D eigenvalue weighted by Crippen LogP contribution is 2.22. The fourth-order valence-electron chi connectivity index (χ4n) is 1.55. The molecule has 4 nitrogen and oxygen atoms in total. The molecule has 0 heterocycles. The van der Waals surface area contributed by atoms with Crippen molar-refractivity contribution >= 4 is 17.3 Å².